The Morgan fingerprint density at radius 2 is 1.62 bits per heavy atom. The van der Waals surface area contributed by atoms with Crippen molar-refractivity contribution < 1.29 is 47.9 Å². The molecule has 1 fully saturated rings. The first kappa shape index (κ1) is 43.1. The summed E-state index contributed by atoms with van der Waals surface area (Å²) in [6.07, 6.45) is 0.727. The monoisotopic (exact) mass is 708 g/mol. The van der Waals surface area contributed by atoms with Crippen molar-refractivity contribution in [1.82, 2.24) is 10.6 Å². The average Bonchev–Trinajstić information content (AvgIpc) is 3.07. The molecule has 1 unspecified atom stereocenters. The van der Waals surface area contributed by atoms with Crippen LogP contribution in [0.1, 0.15) is 86.1 Å². The van der Waals surface area contributed by atoms with Gasteiger partial charge in [-0.1, -0.05) is 47.6 Å². The molecule has 0 aliphatic carbocycles. The van der Waals surface area contributed by atoms with Crippen molar-refractivity contribution in [2.45, 2.75) is 105 Å². The molecule has 50 heavy (non-hydrogen) atoms. The number of methoxy groups -OCH3 is 2. The van der Waals surface area contributed by atoms with Gasteiger partial charge in [-0.05, 0) is 73.5 Å². The summed E-state index contributed by atoms with van der Waals surface area (Å²) < 4.78 is 32.7. The lowest BCUT2D eigenvalue weighted by Gasteiger charge is -2.33. The van der Waals surface area contributed by atoms with E-state index in [-0.39, 0.29) is 36.0 Å². The molecule has 2 rings (SSSR count). The second kappa shape index (κ2) is 22.7. The van der Waals surface area contributed by atoms with Gasteiger partial charge in [0, 0.05) is 52.7 Å². The summed E-state index contributed by atoms with van der Waals surface area (Å²) in [4.78, 5) is 38.7. The molecule has 3 N–H and O–H groups in total. The molecule has 1 aliphatic heterocycles. The molecule has 0 saturated carbocycles. The van der Waals surface area contributed by atoms with Crippen LogP contribution in [-0.4, -0.2) is 88.7 Å². The number of rotatable bonds is 22. The summed E-state index contributed by atoms with van der Waals surface area (Å²) in [6.45, 7) is 16.0. The number of aliphatic hydroxyl groups is 1. The van der Waals surface area contributed by atoms with Gasteiger partial charge in [0.15, 0.2) is 11.5 Å². The van der Waals surface area contributed by atoms with E-state index in [1.54, 1.807) is 28.1 Å². The van der Waals surface area contributed by atoms with Gasteiger partial charge in [-0.3, -0.25) is 9.59 Å². The lowest BCUT2D eigenvalue weighted by Crippen LogP contribution is -2.48. The fourth-order valence-corrected chi connectivity index (χ4v) is 5.97. The predicted molar refractivity (Wildman–Crippen MR) is 191 cm³/mol. The molecule has 5 atom stereocenters. The van der Waals surface area contributed by atoms with Crippen LogP contribution in [0.15, 0.2) is 18.2 Å². The van der Waals surface area contributed by atoms with E-state index in [4.69, 9.17) is 28.4 Å². The highest BCUT2D eigenvalue weighted by Crippen LogP contribution is 2.32. The Bertz CT molecular complexity index is 1150. The van der Waals surface area contributed by atoms with Crippen molar-refractivity contribution in [3.8, 4) is 11.5 Å². The number of carbonyl (C=O) groups excluding carboxylic acids is 3. The van der Waals surface area contributed by atoms with Crippen molar-refractivity contribution >= 4 is 18.0 Å². The van der Waals surface area contributed by atoms with Crippen LogP contribution in [0.2, 0.25) is 0 Å². The van der Waals surface area contributed by atoms with Crippen LogP contribution in [0.3, 0.4) is 0 Å². The molecule has 0 spiro atoms. The van der Waals surface area contributed by atoms with Crippen molar-refractivity contribution in [3.05, 3.63) is 23.8 Å². The number of alkyl carbamates (subject to hydrolysis) is 1. The molecule has 1 aromatic carbocycles. The fourth-order valence-electron chi connectivity index (χ4n) is 5.97. The van der Waals surface area contributed by atoms with Crippen molar-refractivity contribution in [2.75, 3.05) is 47.2 Å². The Labute approximate surface area is 299 Å². The van der Waals surface area contributed by atoms with Crippen LogP contribution in [0.4, 0.5) is 4.79 Å². The molecular weight excluding hydrogens is 644 g/mol. The van der Waals surface area contributed by atoms with E-state index >= 15 is 0 Å². The summed E-state index contributed by atoms with van der Waals surface area (Å²) in [5, 5.41) is 17.7. The summed E-state index contributed by atoms with van der Waals surface area (Å²) in [5.41, 5.74) is 1.02. The second-order valence-electron chi connectivity index (χ2n) is 14.4. The van der Waals surface area contributed by atoms with Gasteiger partial charge in [-0.25, -0.2) is 4.79 Å². The minimum absolute atomic E-state index is 0.0146. The third-order valence-corrected chi connectivity index (χ3v) is 9.31. The van der Waals surface area contributed by atoms with Gasteiger partial charge in [0.25, 0.3) is 0 Å². The third kappa shape index (κ3) is 15.4. The zero-order valence-electron chi connectivity index (χ0n) is 31.8. The molecule has 0 aromatic heterocycles. The zero-order valence-corrected chi connectivity index (χ0v) is 31.8. The maximum absolute atomic E-state index is 13.4. The smallest absolute Gasteiger partial charge is 0.410 e. The number of hydrogen-bond acceptors (Lipinski definition) is 10. The van der Waals surface area contributed by atoms with E-state index < -0.39 is 36.4 Å². The Balaban J connectivity index is 2.27. The summed E-state index contributed by atoms with van der Waals surface area (Å²) in [5.74, 6) is 0.301. The Morgan fingerprint density at radius 1 is 0.920 bits per heavy atom. The number of esters is 1. The summed E-state index contributed by atoms with van der Waals surface area (Å²) in [6, 6.07) is 5.09. The summed E-state index contributed by atoms with van der Waals surface area (Å²) >= 11 is 0. The van der Waals surface area contributed by atoms with Crippen LogP contribution < -0.4 is 20.1 Å². The predicted octanol–water partition coefficient (Wildman–Crippen LogP) is 5.52. The number of carbonyl (C=O) groups is 3. The van der Waals surface area contributed by atoms with E-state index in [9.17, 15) is 19.5 Å². The van der Waals surface area contributed by atoms with Gasteiger partial charge in [-0.15, -0.1) is 0 Å². The van der Waals surface area contributed by atoms with Crippen molar-refractivity contribution in [3.63, 3.8) is 0 Å². The Hall–Kier alpha value is -3.09. The minimum Gasteiger partial charge on any atom is -0.493 e. The molecule has 286 valence electrons. The number of amides is 2. The fraction of sp³-hybridized carbons (Fsp3) is 0.763. The molecule has 1 heterocycles. The van der Waals surface area contributed by atoms with E-state index in [1.807, 2.05) is 32.0 Å². The van der Waals surface area contributed by atoms with Gasteiger partial charge in [-0.2, -0.15) is 0 Å². The zero-order chi connectivity index (χ0) is 37.2. The van der Waals surface area contributed by atoms with Crippen LogP contribution in [0.5, 0.6) is 11.5 Å². The summed E-state index contributed by atoms with van der Waals surface area (Å²) in [7, 11) is 3.26. The molecule has 1 saturated heterocycles. The molecule has 0 bridgehead atoms. The van der Waals surface area contributed by atoms with Crippen LogP contribution in [-0.2, 0) is 35.0 Å². The quantitative estimate of drug-likeness (QED) is 0.0798. The average molecular weight is 709 g/mol. The topological polar surface area (TPSA) is 151 Å². The standard InChI is InChI=1S/C38H64N2O10/c1-24(2)30(19-29-11-12-34(46-9)35(20-29)48-16-10-15-45-8)21-32(40-38(44)50-27(7)49-37(43)26(5)6)33(41)22-31(25(3)4)36(42)39-23-28-13-17-47-18-14-28/h11-12,20,24-28,30-33,41H,10,13-19,21-23H2,1-9H3,(H,39,42)(H,40,44)/t27?,30-,31-,32-,33-/m0/s1. The lowest BCUT2D eigenvalue weighted by molar-refractivity contribution is -0.168. The first-order valence-electron chi connectivity index (χ1n) is 18.2. The Morgan fingerprint density at radius 3 is 2.22 bits per heavy atom. The highest BCUT2D eigenvalue weighted by atomic mass is 16.7. The maximum atomic E-state index is 13.4. The molecule has 12 heteroatoms. The molecule has 12 nitrogen and oxygen atoms in total. The van der Waals surface area contributed by atoms with Gasteiger partial charge in [0.2, 0.25) is 12.2 Å². The largest absolute Gasteiger partial charge is 0.493 e. The van der Waals surface area contributed by atoms with Crippen LogP contribution in [0, 0.1) is 35.5 Å². The van der Waals surface area contributed by atoms with Gasteiger partial charge in [0.05, 0.1) is 31.8 Å². The van der Waals surface area contributed by atoms with E-state index in [0.29, 0.717) is 63.2 Å². The minimum atomic E-state index is -1.12. The molecular formula is C38H64N2O10. The van der Waals surface area contributed by atoms with E-state index in [0.717, 1.165) is 24.8 Å². The molecule has 2 amide bonds. The van der Waals surface area contributed by atoms with Gasteiger partial charge >= 0.3 is 12.1 Å². The first-order chi connectivity index (χ1) is 23.7. The van der Waals surface area contributed by atoms with E-state index in [2.05, 4.69) is 24.5 Å². The number of benzene rings is 1. The molecule has 1 aromatic rings. The number of nitrogens with one attached hydrogen (secondary N) is 2. The second-order valence-corrected chi connectivity index (χ2v) is 14.4. The lowest BCUT2D eigenvalue weighted by atomic mass is 9.80. The van der Waals surface area contributed by atoms with Crippen molar-refractivity contribution in [1.29, 1.82) is 0 Å². The van der Waals surface area contributed by atoms with Crippen LogP contribution >= 0.6 is 0 Å². The maximum Gasteiger partial charge on any atom is 0.410 e. The Kier molecular flexibility index (Phi) is 19.5. The number of hydrogen-bond donors (Lipinski definition) is 3. The molecule has 1 aliphatic rings. The van der Waals surface area contributed by atoms with Gasteiger partial charge in [0.1, 0.15) is 0 Å². The highest BCUT2D eigenvalue weighted by molar-refractivity contribution is 5.79. The van der Waals surface area contributed by atoms with Gasteiger partial charge < -0.3 is 44.2 Å². The third-order valence-electron chi connectivity index (χ3n) is 9.31. The first-order valence-corrected chi connectivity index (χ1v) is 18.2. The highest BCUT2D eigenvalue weighted by Gasteiger charge is 2.33. The molecule has 0 radical (unpaired) electrons. The SMILES string of the molecule is COCCCOc1cc(C[C@@H](C[C@H](NC(=O)OC(C)OC(=O)C(C)C)[C@@H](O)C[C@H](C(=O)NCC2CCOCC2)C(C)C)C(C)C)ccc1OC. The number of aliphatic hydroxyl groups excluding tert-OH is 1. The normalized spacial score (nSPS) is 16.7. The number of ether oxygens (including phenoxy) is 6. The van der Waals surface area contributed by atoms with Crippen molar-refractivity contribution in [2.24, 2.45) is 35.5 Å². The van der Waals surface area contributed by atoms with E-state index in [1.165, 1.54) is 6.92 Å². The van der Waals surface area contributed by atoms with Crippen LogP contribution in [0.25, 0.3) is 0 Å².